The smallest absolute Gasteiger partial charge is 0.0838 e. The highest BCUT2D eigenvalue weighted by atomic mass is 35.5. The first kappa shape index (κ1) is 10.3. The Morgan fingerprint density at radius 1 is 0.867 bits per heavy atom. The fraction of sp³-hybridized carbons (Fsp3) is 0.143. The van der Waals surface area contributed by atoms with E-state index in [0.29, 0.717) is 0 Å². The number of rotatable bonds is 2. The molecule has 0 saturated carbocycles. The summed E-state index contributed by atoms with van der Waals surface area (Å²) in [5.41, 5.74) is 3.57. The third-order valence-corrected chi connectivity index (χ3v) is 3.04. The molecule has 0 radical (unpaired) electrons. The van der Waals surface area contributed by atoms with Gasteiger partial charge in [-0.2, -0.15) is 0 Å². The molecule has 0 aliphatic carbocycles. The van der Waals surface area contributed by atoms with E-state index in [1.807, 2.05) is 30.3 Å². The third-order valence-electron chi connectivity index (χ3n) is 2.55. The zero-order valence-corrected chi connectivity index (χ0v) is 9.41. The van der Waals surface area contributed by atoms with Crippen molar-refractivity contribution in [1.82, 2.24) is 0 Å². The van der Waals surface area contributed by atoms with Crippen LogP contribution in [0.3, 0.4) is 0 Å². The van der Waals surface area contributed by atoms with E-state index in [-0.39, 0.29) is 5.38 Å². The normalized spacial score (nSPS) is 12.4. The Morgan fingerprint density at radius 3 is 2.13 bits per heavy atom. The van der Waals surface area contributed by atoms with E-state index in [0.717, 1.165) is 5.56 Å². The van der Waals surface area contributed by atoms with Gasteiger partial charge in [0, 0.05) is 0 Å². The molecule has 1 unspecified atom stereocenters. The zero-order valence-electron chi connectivity index (χ0n) is 8.65. The van der Waals surface area contributed by atoms with Crippen molar-refractivity contribution >= 4 is 11.6 Å². The summed E-state index contributed by atoms with van der Waals surface area (Å²) in [6.07, 6.45) is 0. The van der Waals surface area contributed by atoms with E-state index in [2.05, 4.69) is 31.2 Å². The summed E-state index contributed by atoms with van der Waals surface area (Å²) >= 11 is 6.44. The molecule has 2 rings (SSSR count). The topological polar surface area (TPSA) is 0 Å². The molecular weight excluding hydrogens is 204 g/mol. The second-order valence-corrected chi connectivity index (χ2v) is 4.07. The van der Waals surface area contributed by atoms with E-state index in [1.165, 1.54) is 11.1 Å². The van der Waals surface area contributed by atoms with Gasteiger partial charge in [0.05, 0.1) is 5.38 Å². The minimum atomic E-state index is -0.0487. The number of hydrogen-bond donors (Lipinski definition) is 0. The number of hydrogen-bond acceptors (Lipinski definition) is 0. The average molecular weight is 217 g/mol. The highest BCUT2D eigenvalue weighted by Crippen LogP contribution is 2.30. The third kappa shape index (κ3) is 2.21. The Balaban J connectivity index is 2.37. The Labute approximate surface area is 95.5 Å². The predicted octanol–water partition coefficient (Wildman–Crippen LogP) is 4.32. The van der Waals surface area contributed by atoms with Gasteiger partial charge in [-0.05, 0) is 23.6 Å². The number of benzene rings is 2. The lowest BCUT2D eigenvalue weighted by atomic mass is 10.0. The van der Waals surface area contributed by atoms with Crippen molar-refractivity contribution in [3.05, 3.63) is 71.3 Å². The molecule has 2 aromatic carbocycles. The Hall–Kier alpha value is -1.27. The molecule has 0 aliphatic heterocycles. The van der Waals surface area contributed by atoms with Gasteiger partial charge in [0.15, 0.2) is 0 Å². The van der Waals surface area contributed by atoms with Crippen molar-refractivity contribution in [3.8, 4) is 0 Å². The summed E-state index contributed by atoms with van der Waals surface area (Å²) in [4.78, 5) is 0. The van der Waals surface area contributed by atoms with Crippen LogP contribution in [0.5, 0.6) is 0 Å². The summed E-state index contributed by atoms with van der Waals surface area (Å²) < 4.78 is 0. The van der Waals surface area contributed by atoms with Gasteiger partial charge in [-0.1, -0.05) is 54.6 Å². The SMILES string of the molecule is Cc1ccccc1C(Cl)c1ccccc1. The lowest BCUT2D eigenvalue weighted by Crippen LogP contribution is -1.95. The van der Waals surface area contributed by atoms with Crippen LogP contribution in [-0.4, -0.2) is 0 Å². The first-order chi connectivity index (χ1) is 7.29. The molecule has 15 heavy (non-hydrogen) atoms. The second-order valence-electron chi connectivity index (χ2n) is 3.63. The van der Waals surface area contributed by atoms with E-state index in [4.69, 9.17) is 11.6 Å². The van der Waals surface area contributed by atoms with Gasteiger partial charge in [-0.15, -0.1) is 11.6 Å². The van der Waals surface area contributed by atoms with Crippen molar-refractivity contribution in [2.75, 3.05) is 0 Å². The van der Waals surface area contributed by atoms with Crippen molar-refractivity contribution in [1.29, 1.82) is 0 Å². The molecule has 0 aromatic heterocycles. The van der Waals surface area contributed by atoms with Crippen LogP contribution in [0.25, 0.3) is 0 Å². The Bertz CT molecular complexity index is 434. The summed E-state index contributed by atoms with van der Waals surface area (Å²) in [7, 11) is 0. The molecule has 0 N–H and O–H groups in total. The molecule has 2 aromatic rings. The fourth-order valence-electron chi connectivity index (χ4n) is 1.67. The van der Waals surface area contributed by atoms with Gasteiger partial charge < -0.3 is 0 Å². The van der Waals surface area contributed by atoms with Crippen molar-refractivity contribution in [2.24, 2.45) is 0 Å². The van der Waals surface area contributed by atoms with E-state index >= 15 is 0 Å². The van der Waals surface area contributed by atoms with Crippen LogP contribution in [0.1, 0.15) is 22.1 Å². The van der Waals surface area contributed by atoms with E-state index in [1.54, 1.807) is 0 Å². The highest BCUT2D eigenvalue weighted by Gasteiger charge is 2.11. The van der Waals surface area contributed by atoms with Crippen molar-refractivity contribution < 1.29 is 0 Å². The van der Waals surface area contributed by atoms with Crippen LogP contribution in [0.15, 0.2) is 54.6 Å². The minimum Gasteiger partial charge on any atom is -0.113 e. The number of halogens is 1. The van der Waals surface area contributed by atoms with Crippen LogP contribution in [0.4, 0.5) is 0 Å². The molecule has 0 bridgehead atoms. The minimum absolute atomic E-state index is 0.0487. The van der Waals surface area contributed by atoms with Crippen molar-refractivity contribution in [2.45, 2.75) is 12.3 Å². The lowest BCUT2D eigenvalue weighted by Gasteiger charge is -2.12. The second kappa shape index (κ2) is 4.50. The molecular formula is C14H13Cl. The molecule has 0 nitrogen and oxygen atoms in total. The predicted molar refractivity (Wildman–Crippen MR) is 65.3 cm³/mol. The first-order valence-electron chi connectivity index (χ1n) is 5.03. The maximum atomic E-state index is 6.44. The molecule has 1 atom stereocenters. The highest BCUT2D eigenvalue weighted by molar-refractivity contribution is 6.22. The molecule has 0 aliphatic rings. The van der Waals surface area contributed by atoms with Crippen LogP contribution >= 0.6 is 11.6 Å². The molecule has 1 heteroatoms. The zero-order chi connectivity index (χ0) is 10.7. The quantitative estimate of drug-likeness (QED) is 0.656. The summed E-state index contributed by atoms with van der Waals surface area (Å²) in [6.45, 7) is 2.09. The first-order valence-corrected chi connectivity index (χ1v) is 5.47. The molecule has 0 spiro atoms. The molecule has 0 amide bonds. The van der Waals surface area contributed by atoms with E-state index < -0.39 is 0 Å². The monoisotopic (exact) mass is 216 g/mol. The maximum Gasteiger partial charge on any atom is 0.0838 e. The molecule has 76 valence electrons. The van der Waals surface area contributed by atoms with Gasteiger partial charge in [-0.25, -0.2) is 0 Å². The maximum absolute atomic E-state index is 6.44. The van der Waals surface area contributed by atoms with Crippen LogP contribution in [0, 0.1) is 6.92 Å². The molecule has 0 saturated heterocycles. The van der Waals surface area contributed by atoms with Crippen LogP contribution in [-0.2, 0) is 0 Å². The lowest BCUT2D eigenvalue weighted by molar-refractivity contribution is 1.11. The van der Waals surface area contributed by atoms with Gasteiger partial charge in [0.25, 0.3) is 0 Å². The standard InChI is InChI=1S/C14H13Cl/c1-11-7-5-6-10-13(11)14(15)12-8-3-2-4-9-12/h2-10,14H,1H3. The number of alkyl halides is 1. The summed E-state index contributed by atoms with van der Waals surface area (Å²) in [5, 5.41) is -0.0487. The number of aryl methyl sites for hydroxylation is 1. The molecule has 0 fully saturated rings. The van der Waals surface area contributed by atoms with Gasteiger partial charge in [-0.3, -0.25) is 0 Å². The Morgan fingerprint density at radius 2 is 1.47 bits per heavy atom. The van der Waals surface area contributed by atoms with Crippen LogP contribution < -0.4 is 0 Å². The fourth-order valence-corrected chi connectivity index (χ4v) is 2.06. The summed E-state index contributed by atoms with van der Waals surface area (Å²) in [6, 6.07) is 18.4. The Kier molecular flexibility index (Phi) is 3.08. The average Bonchev–Trinajstić information content (AvgIpc) is 2.30. The van der Waals surface area contributed by atoms with Gasteiger partial charge in [0.2, 0.25) is 0 Å². The van der Waals surface area contributed by atoms with Gasteiger partial charge in [0.1, 0.15) is 0 Å². The van der Waals surface area contributed by atoms with Crippen LogP contribution in [0.2, 0.25) is 0 Å². The molecule has 0 heterocycles. The van der Waals surface area contributed by atoms with Crippen molar-refractivity contribution in [3.63, 3.8) is 0 Å². The summed E-state index contributed by atoms with van der Waals surface area (Å²) in [5.74, 6) is 0. The largest absolute Gasteiger partial charge is 0.113 e. The van der Waals surface area contributed by atoms with E-state index in [9.17, 15) is 0 Å². The van der Waals surface area contributed by atoms with Gasteiger partial charge >= 0.3 is 0 Å².